The summed E-state index contributed by atoms with van der Waals surface area (Å²) in [6.45, 7) is 0. The molecular weight excluding hydrogens is 342 g/mol. The molecular formula is C18H18BrNO2. The van der Waals surface area contributed by atoms with Crippen molar-refractivity contribution in [1.82, 2.24) is 5.32 Å². The Kier molecular flexibility index (Phi) is 4.78. The molecule has 2 aromatic carbocycles. The van der Waals surface area contributed by atoms with Gasteiger partial charge in [-0.2, -0.15) is 0 Å². The molecule has 0 aromatic heterocycles. The molecule has 22 heavy (non-hydrogen) atoms. The summed E-state index contributed by atoms with van der Waals surface area (Å²) in [6.07, 6.45) is 4.61. The van der Waals surface area contributed by atoms with Crippen molar-refractivity contribution in [3.63, 3.8) is 0 Å². The summed E-state index contributed by atoms with van der Waals surface area (Å²) in [7, 11) is 0. The van der Waals surface area contributed by atoms with Gasteiger partial charge in [-0.15, -0.1) is 0 Å². The molecule has 0 spiro atoms. The Morgan fingerprint density at radius 2 is 1.73 bits per heavy atom. The number of ether oxygens (including phenoxy) is 1. The lowest BCUT2D eigenvalue weighted by Crippen LogP contribution is -2.32. The van der Waals surface area contributed by atoms with Crippen LogP contribution in [0.15, 0.2) is 53.0 Å². The summed E-state index contributed by atoms with van der Waals surface area (Å²) >= 11 is 3.45. The maximum atomic E-state index is 12.2. The van der Waals surface area contributed by atoms with Gasteiger partial charge in [0.15, 0.2) is 0 Å². The van der Waals surface area contributed by atoms with Gasteiger partial charge in [-0.3, -0.25) is 4.79 Å². The lowest BCUT2D eigenvalue weighted by molar-refractivity contribution is 0.0938. The average Bonchev–Trinajstić information content (AvgIpc) is 3.03. The number of halogens is 1. The average molecular weight is 360 g/mol. The van der Waals surface area contributed by atoms with Gasteiger partial charge in [0.05, 0.1) is 4.47 Å². The smallest absolute Gasteiger partial charge is 0.251 e. The zero-order valence-corrected chi connectivity index (χ0v) is 13.8. The zero-order chi connectivity index (χ0) is 15.4. The van der Waals surface area contributed by atoms with E-state index in [-0.39, 0.29) is 5.91 Å². The van der Waals surface area contributed by atoms with Crippen molar-refractivity contribution in [3.05, 3.63) is 58.6 Å². The zero-order valence-electron chi connectivity index (χ0n) is 12.2. The van der Waals surface area contributed by atoms with Gasteiger partial charge >= 0.3 is 0 Å². The fourth-order valence-electron chi connectivity index (χ4n) is 2.67. The first kappa shape index (κ1) is 15.1. The van der Waals surface area contributed by atoms with E-state index in [1.165, 1.54) is 12.8 Å². The molecule has 0 bridgehead atoms. The van der Waals surface area contributed by atoms with Crippen molar-refractivity contribution in [2.75, 3.05) is 0 Å². The van der Waals surface area contributed by atoms with Crippen molar-refractivity contribution in [3.8, 4) is 11.5 Å². The van der Waals surface area contributed by atoms with Crippen molar-refractivity contribution >= 4 is 21.8 Å². The molecule has 0 unspecified atom stereocenters. The van der Waals surface area contributed by atoms with Crippen molar-refractivity contribution in [2.24, 2.45) is 0 Å². The van der Waals surface area contributed by atoms with E-state index in [1.54, 1.807) is 12.1 Å². The molecule has 114 valence electrons. The van der Waals surface area contributed by atoms with Crippen molar-refractivity contribution in [1.29, 1.82) is 0 Å². The molecule has 3 nitrogen and oxygen atoms in total. The van der Waals surface area contributed by atoms with Gasteiger partial charge in [0.1, 0.15) is 11.5 Å². The minimum atomic E-state index is -0.000610. The third kappa shape index (κ3) is 3.69. The van der Waals surface area contributed by atoms with E-state index < -0.39 is 0 Å². The Morgan fingerprint density at radius 1 is 1.05 bits per heavy atom. The highest BCUT2D eigenvalue weighted by molar-refractivity contribution is 9.10. The van der Waals surface area contributed by atoms with Crippen LogP contribution in [0, 0.1) is 0 Å². The second kappa shape index (κ2) is 6.97. The molecule has 1 aliphatic rings. The lowest BCUT2D eigenvalue weighted by Gasteiger charge is -2.12. The summed E-state index contributed by atoms with van der Waals surface area (Å²) in [4.78, 5) is 12.2. The first-order chi connectivity index (χ1) is 10.7. The van der Waals surface area contributed by atoms with Crippen LogP contribution in [-0.4, -0.2) is 11.9 Å². The van der Waals surface area contributed by atoms with Gasteiger partial charge in [-0.05, 0) is 65.2 Å². The number of benzene rings is 2. The van der Waals surface area contributed by atoms with E-state index >= 15 is 0 Å². The second-order valence-corrected chi connectivity index (χ2v) is 6.37. The highest BCUT2D eigenvalue weighted by Crippen LogP contribution is 2.29. The highest BCUT2D eigenvalue weighted by atomic mass is 79.9. The summed E-state index contributed by atoms with van der Waals surface area (Å²) < 4.78 is 6.70. The Morgan fingerprint density at radius 3 is 2.41 bits per heavy atom. The minimum absolute atomic E-state index is 0.000610. The summed E-state index contributed by atoms with van der Waals surface area (Å²) in [6, 6.07) is 15.3. The standard InChI is InChI=1S/C18H18BrNO2/c19-16-7-3-4-8-17(16)22-15-11-9-13(10-12-15)18(21)20-14-5-1-2-6-14/h3-4,7-12,14H,1-2,5-6H2,(H,20,21). The summed E-state index contributed by atoms with van der Waals surface area (Å²) in [5.74, 6) is 1.47. The molecule has 0 aliphatic heterocycles. The maximum absolute atomic E-state index is 12.2. The van der Waals surface area contributed by atoms with Crippen LogP contribution in [-0.2, 0) is 0 Å². The topological polar surface area (TPSA) is 38.3 Å². The van der Waals surface area contributed by atoms with Gasteiger partial charge in [-0.1, -0.05) is 25.0 Å². The molecule has 1 saturated carbocycles. The van der Waals surface area contributed by atoms with E-state index in [0.29, 0.717) is 17.4 Å². The van der Waals surface area contributed by atoms with Crippen LogP contribution in [0.1, 0.15) is 36.0 Å². The monoisotopic (exact) mass is 359 g/mol. The second-order valence-electron chi connectivity index (χ2n) is 5.51. The number of carbonyl (C=O) groups excluding carboxylic acids is 1. The van der Waals surface area contributed by atoms with Crippen molar-refractivity contribution < 1.29 is 9.53 Å². The van der Waals surface area contributed by atoms with Crippen LogP contribution in [0.2, 0.25) is 0 Å². The number of para-hydroxylation sites is 1. The third-order valence-corrected chi connectivity index (χ3v) is 4.53. The maximum Gasteiger partial charge on any atom is 0.251 e. The highest BCUT2D eigenvalue weighted by Gasteiger charge is 2.17. The number of carbonyl (C=O) groups is 1. The SMILES string of the molecule is O=C(NC1CCCC1)c1ccc(Oc2ccccc2Br)cc1. The quantitative estimate of drug-likeness (QED) is 0.841. The normalized spacial score (nSPS) is 14.8. The summed E-state index contributed by atoms with van der Waals surface area (Å²) in [5, 5.41) is 3.09. The van der Waals surface area contributed by atoms with Crippen LogP contribution < -0.4 is 10.1 Å². The van der Waals surface area contributed by atoms with Crippen LogP contribution in [0.4, 0.5) is 0 Å². The molecule has 1 N–H and O–H groups in total. The van der Waals surface area contributed by atoms with Crippen LogP contribution in [0.5, 0.6) is 11.5 Å². The Hall–Kier alpha value is -1.81. The molecule has 0 heterocycles. The van der Waals surface area contributed by atoms with Crippen LogP contribution in [0.25, 0.3) is 0 Å². The molecule has 1 amide bonds. The van der Waals surface area contributed by atoms with E-state index in [2.05, 4.69) is 21.2 Å². The number of hydrogen-bond acceptors (Lipinski definition) is 2. The van der Waals surface area contributed by atoms with Gasteiger partial charge in [0.2, 0.25) is 0 Å². The minimum Gasteiger partial charge on any atom is -0.456 e. The van der Waals surface area contributed by atoms with Crippen LogP contribution in [0.3, 0.4) is 0 Å². The first-order valence-corrected chi connectivity index (χ1v) is 8.35. The molecule has 1 aliphatic carbocycles. The predicted molar refractivity (Wildman–Crippen MR) is 90.4 cm³/mol. The largest absolute Gasteiger partial charge is 0.456 e. The van der Waals surface area contributed by atoms with Gasteiger partial charge in [0, 0.05) is 11.6 Å². The molecule has 2 aromatic rings. The third-order valence-electron chi connectivity index (χ3n) is 3.87. The van der Waals surface area contributed by atoms with E-state index in [1.807, 2.05) is 36.4 Å². The fourth-order valence-corrected chi connectivity index (χ4v) is 3.03. The van der Waals surface area contributed by atoms with E-state index in [4.69, 9.17) is 4.74 Å². The van der Waals surface area contributed by atoms with Gasteiger partial charge < -0.3 is 10.1 Å². The van der Waals surface area contributed by atoms with E-state index in [0.717, 1.165) is 23.1 Å². The Bertz CT molecular complexity index is 648. The molecule has 0 saturated heterocycles. The van der Waals surface area contributed by atoms with E-state index in [9.17, 15) is 4.79 Å². The number of hydrogen-bond donors (Lipinski definition) is 1. The van der Waals surface area contributed by atoms with Crippen molar-refractivity contribution in [2.45, 2.75) is 31.7 Å². The molecule has 3 rings (SSSR count). The van der Waals surface area contributed by atoms with Crippen LogP contribution >= 0.6 is 15.9 Å². The molecule has 0 atom stereocenters. The molecule has 0 radical (unpaired) electrons. The number of rotatable bonds is 4. The first-order valence-electron chi connectivity index (χ1n) is 7.56. The van der Waals surface area contributed by atoms with Gasteiger partial charge in [-0.25, -0.2) is 0 Å². The lowest BCUT2D eigenvalue weighted by atomic mass is 10.1. The summed E-state index contributed by atoms with van der Waals surface area (Å²) in [5.41, 5.74) is 0.673. The fraction of sp³-hybridized carbons (Fsp3) is 0.278. The Labute approximate surface area is 138 Å². The Balaban J connectivity index is 1.64. The molecule has 1 fully saturated rings. The van der Waals surface area contributed by atoms with Gasteiger partial charge in [0.25, 0.3) is 5.91 Å². The number of nitrogens with one attached hydrogen (secondary N) is 1. The molecule has 4 heteroatoms. The number of amides is 1. The predicted octanol–water partition coefficient (Wildman–Crippen LogP) is 4.91.